The van der Waals surface area contributed by atoms with Crippen LogP contribution in [0.3, 0.4) is 0 Å². The molecular formula is C25H23F6N3O3S. The molecule has 0 spiro atoms. The number of pyridine rings is 1. The Kier molecular flexibility index (Phi) is 8.80. The fourth-order valence-corrected chi connectivity index (χ4v) is 5.99. The Hall–Kier alpha value is -3.48. The number of sulfone groups is 1. The summed E-state index contributed by atoms with van der Waals surface area (Å²) in [4.78, 5) is 19.9. The molecule has 0 aliphatic heterocycles. The zero-order valence-corrected chi connectivity index (χ0v) is 20.8. The van der Waals surface area contributed by atoms with Crippen molar-refractivity contribution in [2.75, 3.05) is 0 Å². The lowest BCUT2D eigenvalue weighted by molar-refractivity contribution is -0.125. The first-order chi connectivity index (χ1) is 17.7. The second kappa shape index (κ2) is 11.5. The van der Waals surface area contributed by atoms with Crippen LogP contribution in [0.2, 0.25) is 0 Å². The van der Waals surface area contributed by atoms with Crippen molar-refractivity contribution in [2.24, 2.45) is 10.9 Å². The van der Waals surface area contributed by atoms with Crippen molar-refractivity contribution in [3.05, 3.63) is 77.1 Å². The van der Waals surface area contributed by atoms with E-state index in [-0.39, 0.29) is 34.8 Å². The molecule has 1 aromatic carbocycles. The average molecular weight is 560 g/mol. The second-order valence-corrected chi connectivity index (χ2v) is 10.8. The first-order valence-corrected chi connectivity index (χ1v) is 12.8. The molecule has 1 fully saturated rings. The lowest BCUT2D eigenvalue weighted by atomic mass is 10.1. The summed E-state index contributed by atoms with van der Waals surface area (Å²) in [6.07, 6.45) is -5.18. The minimum atomic E-state index is -4.57. The molecule has 1 amide bonds. The SMILES string of the molecule is C=N/C(=C\C=C(/C)C(F)(F)F)c1cc(F)nc(CNC(=O)[C@@H]2C[C@@H](F)CC2S(=O)(=O)c2ccc(F)cc2)c1. The van der Waals surface area contributed by atoms with Gasteiger partial charge in [0.05, 0.1) is 34.0 Å². The third-order valence-electron chi connectivity index (χ3n) is 6.02. The minimum absolute atomic E-state index is 0.0319. The molecular weight excluding hydrogens is 536 g/mol. The molecule has 1 aliphatic rings. The van der Waals surface area contributed by atoms with Crippen molar-refractivity contribution >= 4 is 28.2 Å². The number of carbonyl (C=O) groups is 1. The standard InChI is InChI=1S/C25H23F6N3O3S/c1-14(25(29,30)31)3-8-21(32-2)15-9-18(34-23(28)10-15)13-33-24(35)20-11-17(27)12-22(20)38(36,37)19-6-4-16(26)5-7-19/h3-10,17,20,22H,2,11-13H2,1H3,(H,33,35)/b14-3+,21-8-/t17-,20-,22?/m1/s1. The van der Waals surface area contributed by atoms with Crippen LogP contribution in [0.15, 0.2) is 64.0 Å². The van der Waals surface area contributed by atoms with Crippen LogP contribution in [0.1, 0.15) is 31.0 Å². The largest absolute Gasteiger partial charge is 0.412 e. The van der Waals surface area contributed by atoms with E-state index < -0.39 is 63.0 Å². The van der Waals surface area contributed by atoms with Gasteiger partial charge in [-0.2, -0.15) is 17.6 Å². The van der Waals surface area contributed by atoms with E-state index in [1.54, 1.807) is 0 Å². The molecule has 1 unspecified atom stereocenters. The number of alkyl halides is 4. The second-order valence-electron chi connectivity index (χ2n) is 8.66. The number of aromatic nitrogens is 1. The zero-order chi connectivity index (χ0) is 28.3. The van der Waals surface area contributed by atoms with Crippen molar-refractivity contribution < 1.29 is 39.6 Å². The van der Waals surface area contributed by atoms with Gasteiger partial charge in [-0.3, -0.25) is 9.79 Å². The maximum atomic E-state index is 14.2. The summed E-state index contributed by atoms with van der Waals surface area (Å²) in [5, 5.41) is 1.02. The topological polar surface area (TPSA) is 88.5 Å². The van der Waals surface area contributed by atoms with Crippen LogP contribution in [0.5, 0.6) is 0 Å². The van der Waals surface area contributed by atoms with Gasteiger partial charge in [0.15, 0.2) is 9.84 Å². The van der Waals surface area contributed by atoms with Crippen LogP contribution < -0.4 is 5.32 Å². The number of amides is 1. The molecule has 0 bridgehead atoms. The van der Waals surface area contributed by atoms with Crippen LogP contribution in [0, 0.1) is 17.7 Å². The van der Waals surface area contributed by atoms with Crippen molar-refractivity contribution in [1.29, 1.82) is 0 Å². The number of carbonyl (C=O) groups excluding carboxylic acids is 1. The lowest BCUT2D eigenvalue weighted by Gasteiger charge is -2.19. The third-order valence-corrected chi connectivity index (χ3v) is 8.27. The molecule has 204 valence electrons. The van der Waals surface area contributed by atoms with E-state index in [0.29, 0.717) is 0 Å². The van der Waals surface area contributed by atoms with E-state index >= 15 is 0 Å². The summed E-state index contributed by atoms with van der Waals surface area (Å²) in [7, 11) is -4.17. The van der Waals surface area contributed by atoms with Crippen LogP contribution in [-0.4, -0.2) is 43.6 Å². The number of aliphatic imine (C=N–C) groups is 1. The zero-order valence-electron chi connectivity index (χ0n) is 20.0. The number of rotatable bonds is 8. The summed E-state index contributed by atoms with van der Waals surface area (Å²) in [6, 6.07) is 6.13. The van der Waals surface area contributed by atoms with Crippen molar-refractivity contribution in [3.63, 3.8) is 0 Å². The molecule has 1 N–H and O–H groups in total. The molecule has 6 nitrogen and oxygen atoms in total. The number of halogens is 6. The fraction of sp³-hybridized carbons (Fsp3) is 0.320. The molecule has 38 heavy (non-hydrogen) atoms. The quantitative estimate of drug-likeness (QED) is 0.160. The minimum Gasteiger partial charge on any atom is -0.350 e. The third kappa shape index (κ3) is 6.88. The summed E-state index contributed by atoms with van der Waals surface area (Å²) in [5.74, 6) is -3.76. The van der Waals surface area contributed by atoms with E-state index in [9.17, 15) is 39.6 Å². The summed E-state index contributed by atoms with van der Waals surface area (Å²) >= 11 is 0. The monoisotopic (exact) mass is 559 g/mol. The Labute approximate surface area is 215 Å². The summed E-state index contributed by atoms with van der Waals surface area (Å²) in [6.45, 7) is 3.74. The van der Waals surface area contributed by atoms with Crippen LogP contribution in [-0.2, 0) is 21.2 Å². The van der Waals surface area contributed by atoms with Crippen LogP contribution >= 0.6 is 0 Å². The molecule has 3 atom stereocenters. The van der Waals surface area contributed by atoms with Gasteiger partial charge in [0.25, 0.3) is 0 Å². The van der Waals surface area contributed by atoms with E-state index in [0.717, 1.165) is 49.4 Å². The van der Waals surface area contributed by atoms with Gasteiger partial charge in [-0.05, 0) is 62.9 Å². The maximum absolute atomic E-state index is 14.2. The number of allylic oxidation sites excluding steroid dienone is 3. The van der Waals surface area contributed by atoms with Gasteiger partial charge in [-0.15, -0.1) is 0 Å². The normalized spacial score (nSPS) is 20.9. The molecule has 0 saturated heterocycles. The van der Waals surface area contributed by atoms with E-state index in [2.05, 4.69) is 22.0 Å². The first-order valence-electron chi connectivity index (χ1n) is 11.2. The van der Waals surface area contributed by atoms with Gasteiger partial charge >= 0.3 is 6.18 Å². The number of hydrogen-bond acceptors (Lipinski definition) is 5. The molecule has 13 heteroatoms. The van der Waals surface area contributed by atoms with Crippen LogP contribution in [0.25, 0.3) is 5.70 Å². The van der Waals surface area contributed by atoms with Gasteiger partial charge in [-0.1, -0.05) is 6.08 Å². The summed E-state index contributed by atoms with van der Waals surface area (Å²) < 4.78 is 106. The van der Waals surface area contributed by atoms with Gasteiger partial charge in [0.1, 0.15) is 12.0 Å². The predicted octanol–water partition coefficient (Wildman–Crippen LogP) is 5.12. The highest BCUT2D eigenvalue weighted by atomic mass is 32.2. The number of nitrogens with one attached hydrogen (secondary N) is 1. The van der Waals surface area contributed by atoms with Crippen molar-refractivity contribution in [3.8, 4) is 0 Å². The smallest absolute Gasteiger partial charge is 0.350 e. The van der Waals surface area contributed by atoms with Gasteiger partial charge in [-0.25, -0.2) is 22.2 Å². The van der Waals surface area contributed by atoms with E-state index in [4.69, 9.17) is 0 Å². The van der Waals surface area contributed by atoms with E-state index in [1.165, 1.54) is 6.07 Å². The molecule has 1 saturated carbocycles. The van der Waals surface area contributed by atoms with Gasteiger partial charge in [0, 0.05) is 17.2 Å². The highest BCUT2D eigenvalue weighted by molar-refractivity contribution is 7.92. The summed E-state index contributed by atoms with van der Waals surface area (Å²) in [5.41, 5.74) is -1.03. The molecule has 0 radical (unpaired) electrons. The Morgan fingerprint density at radius 2 is 1.82 bits per heavy atom. The Morgan fingerprint density at radius 3 is 2.42 bits per heavy atom. The predicted molar refractivity (Wildman–Crippen MR) is 128 cm³/mol. The first kappa shape index (κ1) is 29.1. The maximum Gasteiger partial charge on any atom is 0.412 e. The average Bonchev–Trinajstić information content (AvgIpc) is 3.25. The number of nitrogens with zero attached hydrogens (tertiary/aromatic N) is 2. The lowest BCUT2D eigenvalue weighted by Crippen LogP contribution is -2.38. The van der Waals surface area contributed by atoms with Gasteiger partial charge < -0.3 is 5.32 Å². The molecule has 1 aliphatic carbocycles. The fourth-order valence-electron chi connectivity index (χ4n) is 3.99. The van der Waals surface area contributed by atoms with Crippen LogP contribution in [0.4, 0.5) is 26.3 Å². The highest BCUT2D eigenvalue weighted by Crippen LogP contribution is 2.37. The molecule has 2 aromatic rings. The molecule has 3 rings (SSSR count). The molecule has 1 aromatic heterocycles. The van der Waals surface area contributed by atoms with Crippen molar-refractivity contribution in [1.82, 2.24) is 10.3 Å². The van der Waals surface area contributed by atoms with E-state index in [1.807, 2.05) is 0 Å². The molecule has 1 heterocycles. The Bertz CT molecular complexity index is 1370. The number of hydrogen-bond donors (Lipinski definition) is 1. The Balaban J connectivity index is 1.79. The number of benzene rings is 1. The van der Waals surface area contributed by atoms with Crippen molar-refractivity contribution in [2.45, 2.75) is 48.8 Å². The highest BCUT2D eigenvalue weighted by Gasteiger charge is 2.46. The van der Waals surface area contributed by atoms with Gasteiger partial charge in [0.2, 0.25) is 11.9 Å². The Morgan fingerprint density at radius 1 is 1.16 bits per heavy atom.